The highest BCUT2D eigenvalue weighted by atomic mass is 19.4. The molecule has 1 atom stereocenters. The molecule has 1 aromatic carbocycles. The number of alkyl halides is 3. The Bertz CT molecular complexity index is 466. The molecule has 1 rings (SSSR count). The monoisotopic (exact) mass is 302 g/mol. The lowest BCUT2D eigenvalue weighted by Gasteiger charge is -2.13. The van der Waals surface area contributed by atoms with Crippen molar-refractivity contribution in [1.82, 2.24) is 0 Å². The summed E-state index contributed by atoms with van der Waals surface area (Å²) >= 11 is 0. The van der Waals surface area contributed by atoms with Crippen molar-refractivity contribution >= 4 is 12.3 Å². The SMILES string of the molecule is CCCc1ccc(C(=O)OCC(C=O)CC(F)(F)F)cc1. The van der Waals surface area contributed by atoms with Crippen LogP contribution in [0.3, 0.4) is 0 Å². The van der Waals surface area contributed by atoms with Gasteiger partial charge in [-0.15, -0.1) is 0 Å². The van der Waals surface area contributed by atoms with Gasteiger partial charge in [0.2, 0.25) is 0 Å². The number of benzene rings is 1. The third kappa shape index (κ3) is 6.42. The van der Waals surface area contributed by atoms with E-state index in [0.717, 1.165) is 18.4 Å². The maximum absolute atomic E-state index is 12.2. The number of aldehydes is 1. The van der Waals surface area contributed by atoms with E-state index in [1.807, 2.05) is 6.92 Å². The summed E-state index contributed by atoms with van der Waals surface area (Å²) in [6.45, 7) is 1.46. The van der Waals surface area contributed by atoms with E-state index < -0.39 is 31.1 Å². The highest BCUT2D eigenvalue weighted by molar-refractivity contribution is 5.89. The zero-order valence-corrected chi connectivity index (χ0v) is 11.7. The Kier molecular flexibility index (Phi) is 6.39. The topological polar surface area (TPSA) is 43.4 Å². The molecule has 1 aromatic rings. The average Bonchev–Trinajstić information content (AvgIpc) is 2.43. The van der Waals surface area contributed by atoms with Gasteiger partial charge in [0, 0.05) is 0 Å². The molecule has 0 aliphatic carbocycles. The van der Waals surface area contributed by atoms with E-state index in [1.165, 1.54) is 0 Å². The number of aryl methyl sites for hydroxylation is 1. The van der Waals surface area contributed by atoms with E-state index in [-0.39, 0.29) is 11.8 Å². The van der Waals surface area contributed by atoms with Crippen LogP contribution in [0.1, 0.15) is 35.7 Å². The van der Waals surface area contributed by atoms with Crippen molar-refractivity contribution in [2.24, 2.45) is 5.92 Å². The highest BCUT2D eigenvalue weighted by Crippen LogP contribution is 2.24. The predicted octanol–water partition coefficient (Wildman–Crippen LogP) is 3.56. The van der Waals surface area contributed by atoms with Crippen molar-refractivity contribution in [2.75, 3.05) is 6.61 Å². The lowest BCUT2D eigenvalue weighted by molar-refractivity contribution is -0.151. The van der Waals surface area contributed by atoms with Crippen molar-refractivity contribution < 1.29 is 27.5 Å². The molecule has 0 amide bonds. The van der Waals surface area contributed by atoms with Crippen LogP contribution in [0.25, 0.3) is 0 Å². The lowest BCUT2D eigenvalue weighted by Crippen LogP contribution is -2.22. The van der Waals surface area contributed by atoms with Gasteiger partial charge in [-0.1, -0.05) is 25.5 Å². The fourth-order valence-corrected chi connectivity index (χ4v) is 1.81. The van der Waals surface area contributed by atoms with Crippen LogP contribution in [-0.4, -0.2) is 25.0 Å². The number of esters is 1. The zero-order chi connectivity index (χ0) is 15.9. The Morgan fingerprint density at radius 3 is 2.38 bits per heavy atom. The summed E-state index contributed by atoms with van der Waals surface area (Å²) in [7, 11) is 0. The summed E-state index contributed by atoms with van der Waals surface area (Å²) in [5.41, 5.74) is 1.32. The van der Waals surface area contributed by atoms with Crippen molar-refractivity contribution in [3.63, 3.8) is 0 Å². The highest BCUT2D eigenvalue weighted by Gasteiger charge is 2.32. The van der Waals surface area contributed by atoms with Gasteiger partial charge in [0.15, 0.2) is 0 Å². The van der Waals surface area contributed by atoms with Crippen LogP contribution < -0.4 is 0 Å². The predicted molar refractivity (Wildman–Crippen MR) is 70.9 cm³/mol. The largest absolute Gasteiger partial charge is 0.461 e. The van der Waals surface area contributed by atoms with Crippen molar-refractivity contribution in [3.8, 4) is 0 Å². The van der Waals surface area contributed by atoms with Gasteiger partial charge in [-0.25, -0.2) is 4.79 Å². The molecule has 21 heavy (non-hydrogen) atoms. The number of ether oxygens (including phenoxy) is 1. The first-order valence-corrected chi connectivity index (χ1v) is 6.63. The molecule has 0 saturated carbocycles. The van der Waals surface area contributed by atoms with Gasteiger partial charge >= 0.3 is 12.1 Å². The molecule has 0 fully saturated rings. The van der Waals surface area contributed by atoms with Crippen LogP contribution >= 0.6 is 0 Å². The second-order valence-corrected chi connectivity index (χ2v) is 4.76. The Morgan fingerprint density at radius 2 is 1.90 bits per heavy atom. The standard InChI is InChI=1S/C15H17F3O3/c1-2-3-11-4-6-13(7-5-11)14(20)21-10-12(9-19)8-15(16,17)18/h4-7,9,12H,2-3,8,10H2,1H3. The summed E-state index contributed by atoms with van der Waals surface area (Å²) in [5, 5.41) is 0. The number of rotatable bonds is 7. The quantitative estimate of drug-likeness (QED) is 0.571. The van der Waals surface area contributed by atoms with E-state index in [1.54, 1.807) is 24.3 Å². The van der Waals surface area contributed by atoms with E-state index in [0.29, 0.717) is 0 Å². The van der Waals surface area contributed by atoms with Crippen molar-refractivity contribution in [1.29, 1.82) is 0 Å². The van der Waals surface area contributed by atoms with Crippen LogP contribution in [0.4, 0.5) is 13.2 Å². The Hall–Kier alpha value is -1.85. The second kappa shape index (κ2) is 7.81. The van der Waals surface area contributed by atoms with E-state index >= 15 is 0 Å². The number of hydrogen-bond acceptors (Lipinski definition) is 3. The fourth-order valence-electron chi connectivity index (χ4n) is 1.81. The number of carbonyl (C=O) groups is 2. The van der Waals surface area contributed by atoms with Crippen LogP contribution in [0, 0.1) is 5.92 Å². The molecule has 0 saturated heterocycles. The van der Waals surface area contributed by atoms with E-state index in [2.05, 4.69) is 0 Å². The maximum atomic E-state index is 12.2. The van der Waals surface area contributed by atoms with Gasteiger partial charge in [0.1, 0.15) is 12.9 Å². The van der Waals surface area contributed by atoms with Crippen LogP contribution in [0.15, 0.2) is 24.3 Å². The minimum Gasteiger partial charge on any atom is -0.461 e. The van der Waals surface area contributed by atoms with Gasteiger partial charge in [-0.3, -0.25) is 0 Å². The molecular formula is C15H17F3O3. The zero-order valence-electron chi connectivity index (χ0n) is 11.7. The van der Waals surface area contributed by atoms with Gasteiger partial charge < -0.3 is 9.53 Å². The molecular weight excluding hydrogens is 285 g/mol. The molecule has 0 spiro atoms. The number of halogens is 3. The third-order valence-electron chi connectivity index (χ3n) is 2.84. The van der Waals surface area contributed by atoms with Crippen molar-refractivity contribution in [3.05, 3.63) is 35.4 Å². The molecule has 3 nitrogen and oxygen atoms in total. The van der Waals surface area contributed by atoms with Crippen molar-refractivity contribution in [2.45, 2.75) is 32.4 Å². The van der Waals surface area contributed by atoms with Gasteiger partial charge in [-0.2, -0.15) is 13.2 Å². The molecule has 6 heteroatoms. The average molecular weight is 302 g/mol. The molecule has 0 aliphatic heterocycles. The van der Waals surface area contributed by atoms with Crippen LogP contribution in [-0.2, 0) is 16.0 Å². The van der Waals surface area contributed by atoms with Gasteiger partial charge in [0.25, 0.3) is 0 Å². The molecule has 0 bridgehead atoms. The minimum atomic E-state index is -4.46. The Morgan fingerprint density at radius 1 is 1.29 bits per heavy atom. The summed E-state index contributed by atoms with van der Waals surface area (Å²) < 4.78 is 41.2. The molecule has 0 aliphatic rings. The fraction of sp³-hybridized carbons (Fsp3) is 0.467. The molecule has 116 valence electrons. The smallest absolute Gasteiger partial charge is 0.389 e. The van der Waals surface area contributed by atoms with E-state index in [4.69, 9.17) is 4.74 Å². The second-order valence-electron chi connectivity index (χ2n) is 4.76. The maximum Gasteiger partial charge on any atom is 0.389 e. The first kappa shape index (κ1) is 17.2. The number of hydrogen-bond donors (Lipinski definition) is 0. The van der Waals surface area contributed by atoms with Crippen LogP contribution in [0.2, 0.25) is 0 Å². The summed E-state index contributed by atoms with van der Waals surface area (Å²) in [5.74, 6) is -2.10. The molecule has 0 aromatic heterocycles. The first-order valence-electron chi connectivity index (χ1n) is 6.63. The Balaban J connectivity index is 2.54. The molecule has 1 unspecified atom stereocenters. The third-order valence-corrected chi connectivity index (χ3v) is 2.84. The minimum absolute atomic E-state index is 0.158. The summed E-state index contributed by atoms with van der Waals surface area (Å²) in [6, 6.07) is 6.67. The van der Waals surface area contributed by atoms with Gasteiger partial charge in [0.05, 0.1) is 17.9 Å². The van der Waals surface area contributed by atoms with Gasteiger partial charge in [-0.05, 0) is 24.1 Å². The lowest BCUT2D eigenvalue weighted by atomic mass is 10.1. The summed E-state index contributed by atoms with van der Waals surface area (Å²) in [4.78, 5) is 22.2. The normalized spacial score (nSPS) is 12.8. The first-order chi connectivity index (χ1) is 9.85. The molecule has 0 radical (unpaired) electrons. The summed E-state index contributed by atoms with van der Waals surface area (Å²) in [6.07, 6.45) is -3.74. The van der Waals surface area contributed by atoms with E-state index in [9.17, 15) is 22.8 Å². The molecule has 0 N–H and O–H groups in total. The Labute approximate surface area is 121 Å². The van der Waals surface area contributed by atoms with Crippen LogP contribution in [0.5, 0.6) is 0 Å². The molecule has 0 heterocycles. The number of carbonyl (C=O) groups excluding carboxylic acids is 2.